The van der Waals surface area contributed by atoms with Crippen molar-refractivity contribution in [2.24, 2.45) is 5.92 Å². The zero-order valence-electron chi connectivity index (χ0n) is 11.0. The van der Waals surface area contributed by atoms with Gasteiger partial charge in [0.2, 0.25) is 0 Å². The fourth-order valence-corrected chi connectivity index (χ4v) is 4.61. The molecule has 0 aromatic carbocycles. The highest BCUT2D eigenvalue weighted by Gasteiger charge is 2.51. The van der Waals surface area contributed by atoms with Crippen LogP contribution >= 0.6 is 0 Å². The second-order valence-corrected chi connectivity index (χ2v) is 7.65. The van der Waals surface area contributed by atoms with E-state index in [0.717, 1.165) is 25.3 Å². The summed E-state index contributed by atoms with van der Waals surface area (Å²) in [7, 11) is 2.55. The van der Waals surface area contributed by atoms with Gasteiger partial charge in [0.1, 0.15) is 0 Å². The van der Waals surface area contributed by atoms with Crippen molar-refractivity contribution in [3.05, 3.63) is 0 Å². The monoisotopic (exact) mass is 248 g/mol. The zero-order chi connectivity index (χ0) is 12.2. The van der Waals surface area contributed by atoms with Crippen molar-refractivity contribution in [1.82, 2.24) is 0 Å². The number of rotatable bonds is 5. The highest BCUT2D eigenvalue weighted by molar-refractivity contribution is 6.60. The zero-order valence-corrected chi connectivity index (χ0v) is 12.0. The molecule has 0 aliphatic carbocycles. The molecule has 1 aliphatic heterocycles. The molecule has 96 valence electrons. The lowest BCUT2D eigenvalue weighted by atomic mass is 9.99. The average Bonchev–Trinajstić information content (AvgIpc) is 2.28. The Balaban J connectivity index is 2.78. The summed E-state index contributed by atoms with van der Waals surface area (Å²) in [5.74, 6) is 0.0171. The third-order valence-corrected chi connectivity index (χ3v) is 5.99. The fourth-order valence-electron chi connectivity index (χ4n) is 2.32. The van der Waals surface area contributed by atoms with Crippen molar-refractivity contribution >= 4 is 8.80 Å². The smallest absolute Gasteiger partial charge is 0.377 e. The van der Waals surface area contributed by atoms with Crippen molar-refractivity contribution in [2.75, 3.05) is 21.3 Å². The maximum absolute atomic E-state index is 6.09. The molecule has 1 unspecified atom stereocenters. The maximum atomic E-state index is 6.09. The van der Waals surface area contributed by atoms with E-state index in [9.17, 15) is 0 Å². The van der Waals surface area contributed by atoms with Gasteiger partial charge >= 0.3 is 8.80 Å². The van der Waals surface area contributed by atoms with Gasteiger partial charge in [-0.2, -0.15) is 0 Å². The summed E-state index contributed by atoms with van der Waals surface area (Å²) >= 11 is 0. The van der Waals surface area contributed by atoms with Gasteiger partial charge in [-0.05, 0) is 12.3 Å². The SMILES string of the molecule is COC1(CC(C)C)CCC[Si](OC)(OC)O1. The summed E-state index contributed by atoms with van der Waals surface area (Å²) in [5.41, 5.74) is 0. The third kappa shape index (κ3) is 3.04. The van der Waals surface area contributed by atoms with Crippen LogP contribution in [0.25, 0.3) is 0 Å². The number of hydrogen-bond donors (Lipinski definition) is 0. The summed E-state index contributed by atoms with van der Waals surface area (Å²) in [4.78, 5) is 0. The maximum Gasteiger partial charge on any atom is 0.502 e. The standard InChI is InChI=1S/C11H24O4Si/c1-10(2)9-11(12-3)7-6-8-16(13-4,14-5)15-11/h10H,6-9H2,1-5H3. The molecule has 4 nitrogen and oxygen atoms in total. The molecular formula is C11H24O4Si. The Morgan fingerprint density at radius 3 is 2.31 bits per heavy atom. The highest BCUT2D eigenvalue weighted by Crippen LogP contribution is 2.38. The largest absolute Gasteiger partial charge is 0.502 e. The Labute approximate surface area is 99.6 Å². The molecule has 0 bridgehead atoms. The van der Waals surface area contributed by atoms with Crippen LogP contribution in [0.1, 0.15) is 33.1 Å². The normalized spacial score (nSPS) is 29.6. The molecule has 1 saturated heterocycles. The summed E-state index contributed by atoms with van der Waals surface area (Å²) in [6, 6.07) is 0.878. The van der Waals surface area contributed by atoms with Crippen LogP contribution in [0.5, 0.6) is 0 Å². The highest BCUT2D eigenvalue weighted by atomic mass is 28.4. The fraction of sp³-hybridized carbons (Fsp3) is 1.00. The second-order valence-electron chi connectivity index (χ2n) is 4.76. The van der Waals surface area contributed by atoms with Crippen LogP contribution in [-0.4, -0.2) is 35.9 Å². The topological polar surface area (TPSA) is 36.9 Å². The van der Waals surface area contributed by atoms with E-state index in [1.807, 2.05) is 0 Å². The van der Waals surface area contributed by atoms with E-state index >= 15 is 0 Å². The Kier molecular flexibility index (Phi) is 4.94. The first kappa shape index (κ1) is 14.1. The molecule has 0 amide bonds. The Bertz CT molecular complexity index is 218. The third-order valence-electron chi connectivity index (χ3n) is 3.10. The molecule has 5 heteroatoms. The van der Waals surface area contributed by atoms with E-state index in [0.29, 0.717) is 5.92 Å². The van der Waals surface area contributed by atoms with Crippen LogP contribution in [0, 0.1) is 5.92 Å². The first-order valence-electron chi connectivity index (χ1n) is 5.87. The van der Waals surface area contributed by atoms with Gasteiger partial charge in [0.15, 0.2) is 5.79 Å². The molecular weight excluding hydrogens is 224 g/mol. The summed E-state index contributed by atoms with van der Waals surface area (Å²) in [6.07, 6.45) is 2.84. The molecule has 1 aliphatic rings. The van der Waals surface area contributed by atoms with Crippen LogP contribution < -0.4 is 0 Å². The van der Waals surface area contributed by atoms with Crippen molar-refractivity contribution in [3.8, 4) is 0 Å². The van der Waals surface area contributed by atoms with E-state index in [2.05, 4.69) is 13.8 Å². The lowest BCUT2D eigenvalue weighted by Crippen LogP contribution is -2.56. The lowest BCUT2D eigenvalue weighted by molar-refractivity contribution is -0.215. The van der Waals surface area contributed by atoms with Crippen LogP contribution in [0.4, 0.5) is 0 Å². The Hall–Kier alpha value is 0.0569. The first-order valence-corrected chi connectivity index (χ1v) is 7.80. The first-order chi connectivity index (χ1) is 7.51. The molecule has 0 radical (unpaired) electrons. The van der Waals surface area contributed by atoms with E-state index < -0.39 is 14.6 Å². The summed E-state index contributed by atoms with van der Waals surface area (Å²) in [5, 5.41) is 0. The van der Waals surface area contributed by atoms with Crippen molar-refractivity contribution in [3.63, 3.8) is 0 Å². The quantitative estimate of drug-likeness (QED) is 0.700. The van der Waals surface area contributed by atoms with Crippen LogP contribution in [0.3, 0.4) is 0 Å². The molecule has 1 rings (SSSR count). The van der Waals surface area contributed by atoms with Gasteiger partial charge in [0.25, 0.3) is 0 Å². The second kappa shape index (κ2) is 5.60. The Morgan fingerprint density at radius 2 is 1.88 bits per heavy atom. The number of methoxy groups -OCH3 is 1. The average molecular weight is 248 g/mol. The van der Waals surface area contributed by atoms with Gasteiger partial charge in [-0.15, -0.1) is 0 Å². The summed E-state index contributed by atoms with van der Waals surface area (Å²) < 4.78 is 22.7. The van der Waals surface area contributed by atoms with E-state index in [1.54, 1.807) is 21.3 Å². The van der Waals surface area contributed by atoms with E-state index in [-0.39, 0.29) is 0 Å². The van der Waals surface area contributed by atoms with Gasteiger partial charge in [-0.3, -0.25) is 0 Å². The van der Waals surface area contributed by atoms with Gasteiger partial charge in [-0.25, -0.2) is 0 Å². The lowest BCUT2D eigenvalue weighted by Gasteiger charge is -2.44. The molecule has 0 aromatic rings. The van der Waals surface area contributed by atoms with Gasteiger partial charge in [0, 0.05) is 40.2 Å². The van der Waals surface area contributed by atoms with Crippen LogP contribution in [0.15, 0.2) is 0 Å². The number of ether oxygens (including phenoxy) is 1. The van der Waals surface area contributed by atoms with E-state index in [1.165, 1.54) is 0 Å². The van der Waals surface area contributed by atoms with Crippen molar-refractivity contribution in [2.45, 2.75) is 44.9 Å². The number of hydrogen-bond acceptors (Lipinski definition) is 4. The molecule has 1 atom stereocenters. The molecule has 16 heavy (non-hydrogen) atoms. The molecule has 0 N–H and O–H groups in total. The summed E-state index contributed by atoms with van der Waals surface area (Å²) in [6.45, 7) is 4.34. The van der Waals surface area contributed by atoms with Crippen LogP contribution in [-0.2, 0) is 18.0 Å². The molecule has 0 spiro atoms. The van der Waals surface area contributed by atoms with Crippen LogP contribution in [0.2, 0.25) is 6.04 Å². The Morgan fingerprint density at radius 1 is 1.25 bits per heavy atom. The molecule has 0 saturated carbocycles. The minimum Gasteiger partial charge on any atom is -0.377 e. The van der Waals surface area contributed by atoms with E-state index in [4.69, 9.17) is 18.0 Å². The predicted molar refractivity (Wildman–Crippen MR) is 64.1 cm³/mol. The van der Waals surface area contributed by atoms with Crippen molar-refractivity contribution < 1.29 is 18.0 Å². The molecule has 1 heterocycles. The van der Waals surface area contributed by atoms with Gasteiger partial charge in [0.05, 0.1) is 0 Å². The van der Waals surface area contributed by atoms with Gasteiger partial charge in [-0.1, -0.05) is 13.8 Å². The minimum absolute atomic E-state index is 0.509. The minimum atomic E-state index is -2.48. The molecule has 0 aromatic heterocycles. The van der Waals surface area contributed by atoms with Crippen molar-refractivity contribution in [1.29, 1.82) is 0 Å². The predicted octanol–water partition coefficient (Wildman–Crippen LogP) is 2.42. The molecule has 1 fully saturated rings. The van der Waals surface area contributed by atoms with Gasteiger partial charge < -0.3 is 18.0 Å².